The van der Waals surface area contributed by atoms with Crippen LogP contribution in [0.1, 0.15) is 26.3 Å². The minimum atomic E-state index is -0.152. The van der Waals surface area contributed by atoms with Crippen LogP contribution in [0.15, 0.2) is 29.3 Å². The van der Waals surface area contributed by atoms with E-state index in [0.717, 1.165) is 11.3 Å². The van der Waals surface area contributed by atoms with E-state index in [0.29, 0.717) is 11.6 Å². The third-order valence-corrected chi connectivity index (χ3v) is 3.96. The maximum absolute atomic E-state index is 11.3. The maximum Gasteiger partial charge on any atom is 0.161 e. The quantitative estimate of drug-likeness (QED) is 0.669. The van der Waals surface area contributed by atoms with Crippen LogP contribution < -0.4 is 5.32 Å². The molecule has 0 aliphatic rings. The van der Waals surface area contributed by atoms with Gasteiger partial charge in [0.2, 0.25) is 0 Å². The summed E-state index contributed by atoms with van der Waals surface area (Å²) in [6.07, 6.45) is 0.382. The van der Waals surface area contributed by atoms with Crippen LogP contribution in [0.25, 0.3) is 0 Å². The van der Waals surface area contributed by atoms with Gasteiger partial charge in [0, 0.05) is 19.2 Å². The molecule has 0 fully saturated rings. The first kappa shape index (κ1) is 16.4. The average molecular weight is 292 g/mol. The van der Waals surface area contributed by atoms with Crippen molar-refractivity contribution >= 4 is 34.2 Å². The normalized spacial score (nSPS) is 12.9. The molecule has 0 aliphatic heterocycles. The van der Waals surface area contributed by atoms with Gasteiger partial charge in [-0.25, -0.2) is 0 Å². The predicted octanol–water partition coefficient (Wildman–Crippen LogP) is 2.93. The van der Waals surface area contributed by atoms with Crippen LogP contribution in [0.2, 0.25) is 0 Å². The van der Waals surface area contributed by atoms with Gasteiger partial charge in [0.1, 0.15) is 11.6 Å². The van der Waals surface area contributed by atoms with Gasteiger partial charge in [-0.2, -0.15) is 0 Å². The van der Waals surface area contributed by atoms with Crippen molar-refractivity contribution in [2.75, 3.05) is 12.4 Å². The van der Waals surface area contributed by atoms with E-state index in [1.807, 2.05) is 31.2 Å². The standard InChI is InChI=1S/C15H20N2O2S/c1-10(18)9-13-7-5-6-8-14(13)17-15(16-4)20-12(3)11(2)19/h5-8,12H,9H2,1-4H3,(H,16,17). The van der Waals surface area contributed by atoms with Crippen molar-refractivity contribution in [3.63, 3.8) is 0 Å². The molecule has 0 heterocycles. The van der Waals surface area contributed by atoms with Gasteiger partial charge in [-0.1, -0.05) is 30.0 Å². The Kier molecular flexibility index (Phi) is 6.45. The molecule has 1 N–H and O–H groups in total. The summed E-state index contributed by atoms with van der Waals surface area (Å²) in [4.78, 5) is 26.7. The number of carbonyl (C=O) groups excluding carboxylic acids is 2. The van der Waals surface area contributed by atoms with E-state index in [-0.39, 0.29) is 16.8 Å². The van der Waals surface area contributed by atoms with Crippen molar-refractivity contribution in [1.29, 1.82) is 0 Å². The number of ketones is 2. The van der Waals surface area contributed by atoms with Gasteiger partial charge in [0.05, 0.1) is 5.25 Å². The molecule has 1 aromatic carbocycles. The van der Waals surface area contributed by atoms with E-state index in [9.17, 15) is 9.59 Å². The lowest BCUT2D eigenvalue weighted by atomic mass is 10.1. The maximum atomic E-state index is 11.3. The van der Waals surface area contributed by atoms with Crippen LogP contribution in [0.3, 0.4) is 0 Å². The second-order valence-electron chi connectivity index (χ2n) is 4.56. The summed E-state index contributed by atoms with van der Waals surface area (Å²) in [5.41, 5.74) is 1.78. The molecule has 1 rings (SSSR count). The largest absolute Gasteiger partial charge is 0.335 e. The molecule has 4 nitrogen and oxygen atoms in total. The highest BCUT2D eigenvalue weighted by molar-refractivity contribution is 8.15. The highest BCUT2D eigenvalue weighted by atomic mass is 32.2. The number of hydrogen-bond acceptors (Lipinski definition) is 4. The Hall–Kier alpha value is -1.62. The zero-order valence-corrected chi connectivity index (χ0v) is 13.1. The number of Topliss-reactive ketones (excluding diaryl/α,β-unsaturated/α-hetero) is 2. The smallest absolute Gasteiger partial charge is 0.161 e. The van der Waals surface area contributed by atoms with Crippen LogP contribution in [0.4, 0.5) is 5.69 Å². The zero-order valence-electron chi connectivity index (χ0n) is 12.3. The van der Waals surface area contributed by atoms with E-state index in [1.165, 1.54) is 11.8 Å². The van der Waals surface area contributed by atoms with Crippen LogP contribution in [-0.4, -0.2) is 29.0 Å². The topological polar surface area (TPSA) is 58.5 Å². The second-order valence-corrected chi connectivity index (χ2v) is 5.89. The molecule has 1 unspecified atom stereocenters. The van der Waals surface area contributed by atoms with E-state index in [4.69, 9.17) is 0 Å². The molecule has 0 aromatic heterocycles. The van der Waals surface area contributed by atoms with Crippen LogP contribution >= 0.6 is 11.8 Å². The van der Waals surface area contributed by atoms with Gasteiger partial charge in [0.25, 0.3) is 0 Å². The number of para-hydroxylation sites is 1. The number of amidine groups is 1. The van der Waals surface area contributed by atoms with Crippen molar-refractivity contribution in [3.8, 4) is 0 Å². The molecule has 5 heteroatoms. The van der Waals surface area contributed by atoms with Crippen LogP contribution in [0.5, 0.6) is 0 Å². The fourth-order valence-electron chi connectivity index (χ4n) is 1.57. The van der Waals surface area contributed by atoms with Gasteiger partial charge in [-0.05, 0) is 32.4 Å². The molecule has 0 amide bonds. The molecule has 1 aromatic rings. The summed E-state index contributed by atoms with van der Waals surface area (Å²) < 4.78 is 0. The number of hydrogen-bond donors (Lipinski definition) is 1. The molecule has 1 atom stereocenters. The van der Waals surface area contributed by atoms with E-state index >= 15 is 0 Å². The molecular weight excluding hydrogens is 272 g/mol. The molecule has 0 bridgehead atoms. The van der Waals surface area contributed by atoms with Crippen LogP contribution in [-0.2, 0) is 16.0 Å². The lowest BCUT2D eigenvalue weighted by Gasteiger charge is -2.14. The van der Waals surface area contributed by atoms with E-state index < -0.39 is 0 Å². The van der Waals surface area contributed by atoms with Gasteiger partial charge < -0.3 is 5.32 Å². The lowest BCUT2D eigenvalue weighted by Crippen LogP contribution is -2.17. The zero-order chi connectivity index (χ0) is 15.1. The summed E-state index contributed by atoms with van der Waals surface area (Å²) in [6, 6.07) is 7.62. The van der Waals surface area contributed by atoms with Gasteiger partial charge in [0.15, 0.2) is 5.17 Å². The average Bonchev–Trinajstić information content (AvgIpc) is 2.39. The Morgan fingerprint density at radius 2 is 1.95 bits per heavy atom. The molecule has 108 valence electrons. The van der Waals surface area contributed by atoms with E-state index in [1.54, 1.807) is 20.9 Å². The predicted molar refractivity (Wildman–Crippen MR) is 85.5 cm³/mol. The lowest BCUT2D eigenvalue weighted by molar-refractivity contribution is -0.117. The SMILES string of the molecule is CN=C(Nc1ccccc1CC(C)=O)SC(C)C(C)=O. The summed E-state index contributed by atoms with van der Waals surface area (Å²) in [6.45, 7) is 4.98. The molecule has 20 heavy (non-hydrogen) atoms. The number of thioether (sulfide) groups is 1. The molecule has 0 aliphatic carbocycles. The summed E-state index contributed by atoms with van der Waals surface area (Å²) in [5.74, 6) is 0.217. The third kappa shape index (κ3) is 5.17. The third-order valence-electron chi connectivity index (χ3n) is 2.76. The number of aliphatic imine (C=N–C) groups is 1. The van der Waals surface area contributed by atoms with Crippen molar-refractivity contribution in [2.24, 2.45) is 4.99 Å². The van der Waals surface area contributed by atoms with Crippen molar-refractivity contribution in [1.82, 2.24) is 0 Å². The van der Waals surface area contributed by atoms with E-state index in [2.05, 4.69) is 10.3 Å². The monoisotopic (exact) mass is 292 g/mol. The van der Waals surface area contributed by atoms with Crippen molar-refractivity contribution in [2.45, 2.75) is 32.4 Å². The Balaban J connectivity index is 2.85. The minimum absolute atomic E-state index is 0.106. The van der Waals surface area contributed by atoms with Gasteiger partial charge >= 0.3 is 0 Å². The molecular formula is C15H20N2O2S. The first-order valence-electron chi connectivity index (χ1n) is 6.42. The second kappa shape index (κ2) is 7.85. The molecule has 0 saturated carbocycles. The highest BCUT2D eigenvalue weighted by Crippen LogP contribution is 2.20. The number of anilines is 1. The Morgan fingerprint density at radius 3 is 2.50 bits per heavy atom. The molecule has 0 radical (unpaired) electrons. The van der Waals surface area contributed by atoms with Gasteiger partial charge in [-0.3, -0.25) is 14.6 Å². The first-order chi connectivity index (χ1) is 9.43. The summed E-state index contributed by atoms with van der Waals surface area (Å²) in [7, 11) is 1.68. The minimum Gasteiger partial charge on any atom is -0.335 e. The fraction of sp³-hybridized carbons (Fsp3) is 0.400. The van der Waals surface area contributed by atoms with Crippen LogP contribution in [0, 0.1) is 0 Å². The first-order valence-corrected chi connectivity index (χ1v) is 7.30. The molecule has 0 spiro atoms. The van der Waals surface area contributed by atoms with Crippen molar-refractivity contribution in [3.05, 3.63) is 29.8 Å². The fourth-order valence-corrected chi connectivity index (χ4v) is 2.34. The number of nitrogens with one attached hydrogen (secondary N) is 1. The van der Waals surface area contributed by atoms with Crippen molar-refractivity contribution < 1.29 is 9.59 Å². The van der Waals surface area contributed by atoms with Gasteiger partial charge in [-0.15, -0.1) is 0 Å². The summed E-state index contributed by atoms with van der Waals surface area (Å²) >= 11 is 1.38. The Labute approximate surface area is 124 Å². The Bertz CT molecular complexity index is 526. The number of rotatable bonds is 5. The summed E-state index contributed by atoms with van der Waals surface area (Å²) in [5, 5.41) is 3.72. The molecule has 0 saturated heterocycles. The number of carbonyl (C=O) groups is 2. The highest BCUT2D eigenvalue weighted by Gasteiger charge is 2.13. The Morgan fingerprint density at radius 1 is 1.30 bits per heavy atom. The number of nitrogens with zero attached hydrogens (tertiary/aromatic N) is 1. The number of benzene rings is 1.